The molecule has 0 saturated carbocycles. The van der Waals surface area contributed by atoms with E-state index < -0.39 is 10.0 Å². The Morgan fingerprint density at radius 1 is 1.15 bits per heavy atom. The molecule has 27 heavy (non-hydrogen) atoms. The molecular formula is C19H23ClN2O4S. The van der Waals surface area contributed by atoms with Crippen LogP contribution < -0.4 is 14.8 Å². The Balaban J connectivity index is 1.87. The molecule has 0 heterocycles. The number of rotatable bonds is 9. The van der Waals surface area contributed by atoms with Crippen LogP contribution in [0.2, 0.25) is 5.02 Å². The number of ether oxygens (including phenoxy) is 1. The van der Waals surface area contributed by atoms with Crippen molar-refractivity contribution in [1.29, 1.82) is 0 Å². The van der Waals surface area contributed by atoms with Gasteiger partial charge in [-0.2, -0.15) is 0 Å². The second-order valence-corrected chi connectivity index (χ2v) is 8.16. The Labute approximate surface area is 164 Å². The molecule has 0 fully saturated rings. The lowest BCUT2D eigenvalue weighted by molar-refractivity contribution is 0.0953. The van der Waals surface area contributed by atoms with Crippen LogP contribution in [0, 0.1) is 0 Å². The predicted octanol–water partition coefficient (Wildman–Crippen LogP) is 3.47. The smallest absolute Gasteiger partial charge is 0.252 e. The highest BCUT2D eigenvalue weighted by Crippen LogP contribution is 2.21. The molecule has 2 rings (SSSR count). The fourth-order valence-electron chi connectivity index (χ4n) is 2.49. The Morgan fingerprint density at radius 2 is 1.85 bits per heavy atom. The van der Waals surface area contributed by atoms with Crippen LogP contribution in [0.25, 0.3) is 0 Å². The SMILES string of the molecule is CCOc1ccc(CCCNC(=O)c2cc(NS(C)(=O)=O)ccc2Cl)cc1. The predicted molar refractivity (Wildman–Crippen MR) is 108 cm³/mol. The molecule has 0 aliphatic heterocycles. The van der Waals surface area contributed by atoms with Gasteiger partial charge in [0.25, 0.3) is 5.91 Å². The van der Waals surface area contributed by atoms with Crippen molar-refractivity contribution in [2.24, 2.45) is 0 Å². The summed E-state index contributed by atoms with van der Waals surface area (Å²) in [6.45, 7) is 3.05. The minimum atomic E-state index is -3.42. The summed E-state index contributed by atoms with van der Waals surface area (Å²) in [7, 11) is -3.42. The molecule has 0 aliphatic rings. The van der Waals surface area contributed by atoms with Gasteiger partial charge >= 0.3 is 0 Å². The maximum Gasteiger partial charge on any atom is 0.252 e. The second-order valence-electron chi connectivity index (χ2n) is 6.01. The lowest BCUT2D eigenvalue weighted by Gasteiger charge is -2.10. The van der Waals surface area contributed by atoms with Crippen LogP contribution in [0.3, 0.4) is 0 Å². The molecule has 6 nitrogen and oxygen atoms in total. The monoisotopic (exact) mass is 410 g/mol. The first-order chi connectivity index (χ1) is 12.8. The Kier molecular flexibility index (Phi) is 7.50. The number of hydrogen-bond donors (Lipinski definition) is 2. The molecule has 0 atom stereocenters. The lowest BCUT2D eigenvalue weighted by Crippen LogP contribution is -2.25. The number of nitrogens with one attached hydrogen (secondary N) is 2. The third-order valence-corrected chi connectivity index (χ3v) is 4.61. The van der Waals surface area contributed by atoms with Crippen molar-refractivity contribution >= 4 is 33.2 Å². The minimum Gasteiger partial charge on any atom is -0.494 e. The van der Waals surface area contributed by atoms with Crippen LogP contribution in [0.1, 0.15) is 29.3 Å². The maximum atomic E-state index is 12.3. The van der Waals surface area contributed by atoms with Crippen LogP contribution in [-0.2, 0) is 16.4 Å². The number of carbonyl (C=O) groups excluding carboxylic acids is 1. The van der Waals surface area contributed by atoms with E-state index in [2.05, 4.69) is 10.0 Å². The van der Waals surface area contributed by atoms with Gasteiger partial charge in [0.2, 0.25) is 10.0 Å². The Bertz CT molecular complexity index is 883. The van der Waals surface area contributed by atoms with Crippen LogP contribution in [0.15, 0.2) is 42.5 Å². The summed E-state index contributed by atoms with van der Waals surface area (Å²) in [5, 5.41) is 3.07. The van der Waals surface area contributed by atoms with E-state index in [-0.39, 0.29) is 16.5 Å². The zero-order chi connectivity index (χ0) is 19.9. The number of amides is 1. The van der Waals surface area contributed by atoms with Crippen LogP contribution in [-0.4, -0.2) is 33.7 Å². The molecule has 2 aromatic carbocycles. The van der Waals surface area contributed by atoms with Gasteiger partial charge in [-0.25, -0.2) is 8.42 Å². The zero-order valence-corrected chi connectivity index (χ0v) is 16.9. The zero-order valence-electron chi connectivity index (χ0n) is 15.3. The molecule has 0 spiro atoms. The number of carbonyl (C=O) groups is 1. The summed E-state index contributed by atoms with van der Waals surface area (Å²) >= 11 is 6.06. The molecule has 0 aromatic heterocycles. The van der Waals surface area contributed by atoms with E-state index in [1.54, 1.807) is 0 Å². The summed E-state index contributed by atoms with van der Waals surface area (Å²) in [5.41, 5.74) is 1.68. The summed E-state index contributed by atoms with van der Waals surface area (Å²) in [6, 6.07) is 12.3. The average molecular weight is 411 g/mol. The van der Waals surface area contributed by atoms with Crippen molar-refractivity contribution < 1.29 is 17.9 Å². The highest BCUT2D eigenvalue weighted by molar-refractivity contribution is 7.92. The van der Waals surface area contributed by atoms with Crippen LogP contribution in [0.5, 0.6) is 5.75 Å². The van der Waals surface area contributed by atoms with Crippen molar-refractivity contribution in [3.05, 3.63) is 58.6 Å². The van der Waals surface area contributed by atoms with E-state index in [0.717, 1.165) is 30.4 Å². The number of anilines is 1. The Morgan fingerprint density at radius 3 is 2.48 bits per heavy atom. The van der Waals surface area contributed by atoms with Crippen molar-refractivity contribution in [2.45, 2.75) is 19.8 Å². The highest BCUT2D eigenvalue weighted by atomic mass is 35.5. The van der Waals surface area contributed by atoms with Gasteiger partial charge in [-0.15, -0.1) is 0 Å². The highest BCUT2D eigenvalue weighted by Gasteiger charge is 2.12. The van der Waals surface area contributed by atoms with E-state index in [0.29, 0.717) is 18.8 Å². The molecule has 8 heteroatoms. The van der Waals surface area contributed by atoms with Crippen molar-refractivity contribution in [1.82, 2.24) is 5.32 Å². The van der Waals surface area contributed by atoms with Gasteiger partial charge in [0, 0.05) is 12.2 Å². The van der Waals surface area contributed by atoms with Gasteiger partial charge < -0.3 is 10.1 Å². The summed E-state index contributed by atoms with van der Waals surface area (Å²) in [6.07, 6.45) is 2.62. The molecule has 0 aliphatic carbocycles. The number of halogens is 1. The van der Waals surface area contributed by atoms with Crippen molar-refractivity contribution in [2.75, 3.05) is 24.1 Å². The third-order valence-electron chi connectivity index (χ3n) is 3.68. The number of benzene rings is 2. The summed E-state index contributed by atoms with van der Waals surface area (Å²) < 4.78 is 30.4. The number of aryl methyl sites for hydroxylation is 1. The maximum absolute atomic E-state index is 12.3. The molecule has 0 saturated heterocycles. The van der Waals surface area contributed by atoms with E-state index in [4.69, 9.17) is 16.3 Å². The minimum absolute atomic E-state index is 0.228. The quantitative estimate of drug-likeness (QED) is 0.620. The van der Waals surface area contributed by atoms with Gasteiger partial charge in [0.1, 0.15) is 5.75 Å². The van der Waals surface area contributed by atoms with Gasteiger partial charge in [-0.05, 0) is 55.7 Å². The van der Waals surface area contributed by atoms with Gasteiger partial charge in [-0.3, -0.25) is 9.52 Å². The topological polar surface area (TPSA) is 84.5 Å². The van der Waals surface area contributed by atoms with E-state index in [1.807, 2.05) is 31.2 Å². The molecule has 0 radical (unpaired) electrons. The van der Waals surface area contributed by atoms with Gasteiger partial charge in [-0.1, -0.05) is 23.7 Å². The fraction of sp³-hybridized carbons (Fsp3) is 0.316. The van der Waals surface area contributed by atoms with Crippen molar-refractivity contribution in [3.63, 3.8) is 0 Å². The first-order valence-corrected chi connectivity index (χ1v) is 10.8. The average Bonchev–Trinajstić information content (AvgIpc) is 2.60. The summed E-state index contributed by atoms with van der Waals surface area (Å²) in [4.78, 5) is 12.3. The molecular weight excluding hydrogens is 388 g/mol. The van der Waals surface area contributed by atoms with Crippen molar-refractivity contribution in [3.8, 4) is 5.75 Å². The van der Waals surface area contributed by atoms with Crippen LogP contribution in [0.4, 0.5) is 5.69 Å². The molecule has 146 valence electrons. The van der Waals surface area contributed by atoms with E-state index in [1.165, 1.54) is 18.2 Å². The molecule has 0 bridgehead atoms. The molecule has 2 N–H and O–H groups in total. The standard InChI is InChI=1S/C19H23ClN2O4S/c1-3-26-16-9-6-14(7-10-16)5-4-12-21-19(23)17-13-15(8-11-18(17)20)22-27(2,24)25/h6-11,13,22H,3-5,12H2,1-2H3,(H,21,23). The second kappa shape index (κ2) is 9.62. The third kappa shape index (κ3) is 7.11. The molecule has 0 unspecified atom stereocenters. The van der Waals surface area contributed by atoms with Gasteiger partial charge in [0.05, 0.1) is 23.4 Å². The van der Waals surface area contributed by atoms with Crippen LogP contribution >= 0.6 is 11.6 Å². The van der Waals surface area contributed by atoms with Gasteiger partial charge in [0.15, 0.2) is 0 Å². The molecule has 1 amide bonds. The lowest BCUT2D eigenvalue weighted by atomic mass is 10.1. The van der Waals surface area contributed by atoms with E-state index in [9.17, 15) is 13.2 Å². The number of hydrogen-bond acceptors (Lipinski definition) is 4. The molecule has 2 aromatic rings. The first kappa shape index (κ1) is 21.1. The first-order valence-electron chi connectivity index (χ1n) is 8.56. The normalized spacial score (nSPS) is 11.1. The fourth-order valence-corrected chi connectivity index (χ4v) is 3.24. The summed E-state index contributed by atoms with van der Waals surface area (Å²) in [5.74, 6) is 0.496. The largest absolute Gasteiger partial charge is 0.494 e. The number of sulfonamides is 1. The van der Waals surface area contributed by atoms with E-state index >= 15 is 0 Å². The Hall–Kier alpha value is -2.25.